The van der Waals surface area contributed by atoms with Crippen LogP contribution in [-0.4, -0.2) is 30.4 Å². The third-order valence-corrected chi connectivity index (χ3v) is 5.55. The minimum absolute atomic E-state index is 0. The lowest BCUT2D eigenvalue weighted by Gasteiger charge is -2.18. The van der Waals surface area contributed by atoms with Crippen LogP contribution in [0.25, 0.3) is 21.5 Å². The van der Waals surface area contributed by atoms with Crippen molar-refractivity contribution in [2.24, 2.45) is 11.8 Å². The highest BCUT2D eigenvalue weighted by Gasteiger charge is 2.25. The number of esters is 2. The highest BCUT2D eigenvalue weighted by atomic mass is 16.6. The molecule has 0 bridgehead atoms. The van der Waals surface area contributed by atoms with Gasteiger partial charge in [0.2, 0.25) is 0 Å². The Morgan fingerprint density at radius 3 is 2.06 bits per heavy atom. The molecule has 31 heavy (non-hydrogen) atoms. The van der Waals surface area contributed by atoms with E-state index in [1.54, 1.807) is 6.92 Å². The number of benzene rings is 3. The fourth-order valence-electron chi connectivity index (χ4n) is 3.91. The number of carbonyl (C=O) groups excluding carboxylic acids is 2. The standard InChI is InChI=1S/C25H28O5.CH4/c1-3-18(25(28)30-16-26)14-17(2)24(27)29-13-12-23-21-10-6-4-8-19(21)15-20-9-5-7-11-22(20)23;/h4-11,15,17-18,26H,3,12-14,16H2,1-2H3;1H4. The minimum atomic E-state index is -0.646. The maximum atomic E-state index is 12.5. The summed E-state index contributed by atoms with van der Waals surface area (Å²) in [5.74, 6) is -1.66. The molecule has 3 aromatic carbocycles. The van der Waals surface area contributed by atoms with E-state index in [0.717, 1.165) is 10.8 Å². The van der Waals surface area contributed by atoms with E-state index in [1.807, 2.05) is 31.2 Å². The summed E-state index contributed by atoms with van der Waals surface area (Å²) in [6, 6.07) is 18.6. The van der Waals surface area contributed by atoms with Crippen molar-refractivity contribution in [1.29, 1.82) is 0 Å². The van der Waals surface area contributed by atoms with Gasteiger partial charge in [-0.25, -0.2) is 0 Å². The zero-order valence-electron chi connectivity index (χ0n) is 17.5. The number of carbonyl (C=O) groups is 2. The van der Waals surface area contributed by atoms with Crippen LogP contribution in [0.1, 0.15) is 39.7 Å². The molecule has 0 saturated heterocycles. The van der Waals surface area contributed by atoms with Crippen molar-refractivity contribution in [3.05, 3.63) is 60.2 Å². The average Bonchev–Trinajstić information content (AvgIpc) is 2.76. The summed E-state index contributed by atoms with van der Waals surface area (Å²) in [7, 11) is 0. The Balaban J connectivity index is 0.00000341. The molecular weight excluding hydrogens is 392 g/mol. The predicted molar refractivity (Wildman–Crippen MR) is 124 cm³/mol. The molecule has 5 heteroatoms. The molecule has 0 fully saturated rings. The van der Waals surface area contributed by atoms with Crippen LogP contribution in [0.2, 0.25) is 0 Å². The number of fused-ring (bicyclic) bond motifs is 2. The average molecular weight is 425 g/mol. The molecule has 3 aromatic rings. The van der Waals surface area contributed by atoms with Crippen molar-refractivity contribution in [2.45, 2.75) is 40.5 Å². The smallest absolute Gasteiger partial charge is 0.311 e. The van der Waals surface area contributed by atoms with Crippen LogP contribution >= 0.6 is 0 Å². The molecule has 0 aliphatic heterocycles. The van der Waals surface area contributed by atoms with Crippen molar-refractivity contribution in [1.82, 2.24) is 0 Å². The number of aliphatic hydroxyl groups excluding tert-OH is 1. The second kappa shape index (κ2) is 11.5. The Morgan fingerprint density at radius 1 is 0.935 bits per heavy atom. The van der Waals surface area contributed by atoms with Gasteiger partial charge in [0.25, 0.3) is 0 Å². The van der Waals surface area contributed by atoms with Crippen molar-refractivity contribution in [2.75, 3.05) is 13.4 Å². The fraction of sp³-hybridized carbons (Fsp3) is 0.385. The maximum Gasteiger partial charge on any atom is 0.311 e. The van der Waals surface area contributed by atoms with E-state index in [9.17, 15) is 9.59 Å². The first-order valence-corrected chi connectivity index (χ1v) is 10.4. The van der Waals surface area contributed by atoms with Gasteiger partial charge < -0.3 is 14.6 Å². The molecule has 5 nitrogen and oxygen atoms in total. The van der Waals surface area contributed by atoms with E-state index in [0.29, 0.717) is 19.3 Å². The van der Waals surface area contributed by atoms with Crippen molar-refractivity contribution in [3.8, 4) is 0 Å². The number of hydrogen-bond acceptors (Lipinski definition) is 5. The van der Waals surface area contributed by atoms with Gasteiger partial charge in [-0.1, -0.05) is 69.8 Å². The van der Waals surface area contributed by atoms with Gasteiger partial charge in [-0.2, -0.15) is 0 Å². The molecule has 0 radical (unpaired) electrons. The molecule has 2 atom stereocenters. The SMILES string of the molecule is C.CCC(CC(C)C(=O)OCCc1c2ccccc2cc2ccccc12)C(=O)OCO. The molecule has 0 aromatic heterocycles. The highest BCUT2D eigenvalue weighted by molar-refractivity contribution is 6.02. The molecule has 2 unspecified atom stereocenters. The van der Waals surface area contributed by atoms with Gasteiger partial charge in [-0.05, 0) is 46.0 Å². The van der Waals surface area contributed by atoms with Gasteiger partial charge >= 0.3 is 11.9 Å². The molecule has 166 valence electrons. The van der Waals surface area contributed by atoms with Crippen LogP contribution in [-0.2, 0) is 25.5 Å². The van der Waals surface area contributed by atoms with Crippen molar-refractivity contribution in [3.63, 3.8) is 0 Å². The first kappa shape index (κ1) is 24.4. The Hall–Kier alpha value is -2.92. The van der Waals surface area contributed by atoms with E-state index in [2.05, 4.69) is 35.1 Å². The fourth-order valence-corrected chi connectivity index (χ4v) is 3.91. The molecular formula is C26H32O5. The van der Waals surface area contributed by atoms with Crippen molar-refractivity contribution < 1.29 is 24.2 Å². The number of ether oxygens (including phenoxy) is 2. The molecule has 0 amide bonds. The van der Waals surface area contributed by atoms with Crippen LogP contribution in [0.5, 0.6) is 0 Å². The molecule has 0 aliphatic carbocycles. The molecule has 0 saturated carbocycles. The zero-order chi connectivity index (χ0) is 21.5. The van der Waals surface area contributed by atoms with Gasteiger partial charge in [0.05, 0.1) is 18.4 Å². The summed E-state index contributed by atoms with van der Waals surface area (Å²) in [5, 5.41) is 13.4. The van der Waals surface area contributed by atoms with Crippen LogP contribution in [0, 0.1) is 11.8 Å². The third-order valence-electron chi connectivity index (χ3n) is 5.55. The van der Waals surface area contributed by atoms with E-state index < -0.39 is 24.6 Å². The quantitative estimate of drug-likeness (QED) is 0.288. The van der Waals surface area contributed by atoms with Gasteiger partial charge in [0.15, 0.2) is 6.79 Å². The van der Waals surface area contributed by atoms with Crippen LogP contribution in [0.15, 0.2) is 54.6 Å². The van der Waals surface area contributed by atoms with E-state index >= 15 is 0 Å². The van der Waals surface area contributed by atoms with Crippen LogP contribution in [0.3, 0.4) is 0 Å². The first-order chi connectivity index (χ1) is 14.5. The summed E-state index contributed by atoms with van der Waals surface area (Å²) in [4.78, 5) is 24.3. The number of rotatable bonds is 9. The largest absolute Gasteiger partial charge is 0.465 e. The summed E-state index contributed by atoms with van der Waals surface area (Å²) in [6.07, 6.45) is 1.49. The lowest BCUT2D eigenvalue weighted by atomic mass is 9.93. The third kappa shape index (κ3) is 5.82. The second-order valence-corrected chi connectivity index (χ2v) is 7.55. The Kier molecular flexibility index (Phi) is 9.01. The highest BCUT2D eigenvalue weighted by Crippen LogP contribution is 2.29. The number of aliphatic hydroxyl groups is 1. The monoisotopic (exact) mass is 424 g/mol. The molecule has 3 rings (SSSR count). The van der Waals surface area contributed by atoms with Gasteiger partial charge in [-0.3, -0.25) is 9.59 Å². The van der Waals surface area contributed by atoms with Crippen LogP contribution in [0.4, 0.5) is 0 Å². The summed E-state index contributed by atoms with van der Waals surface area (Å²) in [5.41, 5.74) is 1.17. The van der Waals surface area contributed by atoms with E-state index in [-0.39, 0.29) is 20.0 Å². The van der Waals surface area contributed by atoms with Gasteiger partial charge in [-0.15, -0.1) is 0 Å². The predicted octanol–water partition coefficient (Wildman–Crippen LogP) is 5.26. The summed E-state index contributed by atoms with van der Waals surface area (Å²) >= 11 is 0. The Labute approximate surface area is 184 Å². The first-order valence-electron chi connectivity index (χ1n) is 10.4. The molecule has 0 aliphatic rings. The second-order valence-electron chi connectivity index (χ2n) is 7.55. The lowest BCUT2D eigenvalue weighted by Crippen LogP contribution is -2.24. The van der Waals surface area contributed by atoms with E-state index in [1.165, 1.54) is 16.3 Å². The Morgan fingerprint density at radius 2 is 1.52 bits per heavy atom. The lowest BCUT2D eigenvalue weighted by molar-refractivity contribution is -0.158. The number of hydrogen-bond donors (Lipinski definition) is 1. The minimum Gasteiger partial charge on any atom is -0.465 e. The topological polar surface area (TPSA) is 72.8 Å². The summed E-state index contributed by atoms with van der Waals surface area (Å²) in [6.45, 7) is 3.24. The molecule has 1 N–H and O–H groups in total. The molecule has 0 heterocycles. The zero-order valence-corrected chi connectivity index (χ0v) is 17.5. The Bertz CT molecular complexity index is 973. The van der Waals surface area contributed by atoms with Gasteiger partial charge in [0.1, 0.15) is 0 Å². The van der Waals surface area contributed by atoms with Gasteiger partial charge in [0, 0.05) is 6.42 Å². The maximum absolute atomic E-state index is 12.5. The molecule has 0 spiro atoms. The van der Waals surface area contributed by atoms with E-state index in [4.69, 9.17) is 9.84 Å². The normalized spacial score (nSPS) is 12.7. The summed E-state index contributed by atoms with van der Waals surface area (Å²) < 4.78 is 10.2. The van der Waals surface area contributed by atoms with Crippen LogP contribution < -0.4 is 0 Å². The van der Waals surface area contributed by atoms with Crippen molar-refractivity contribution >= 4 is 33.5 Å².